The molecule has 0 aliphatic carbocycles. The van der Waals surface area contributed by atoms with Crippen molar-refractivity contribution in [3.8, 4) is 5.75 Å². The van der Waals surface area contributed by atoms with Gasteiger partial charge in [-0.25, -0.2) is 0 Å². The molecule has 0 saturated heterocycles. The summed E-state index contributed by atoms with van der Waals surface area (Å²) in [5.74, 6) is 1.25. The molecule has 0 fully saturated rings. The zero-order valence-corrected chi connectivity index (χ0v) is 12.2. The summed E-state index contributed by atoms with van der Waals surface area (Å²) in [5.41, 5.74) is 0. The highest BCUT2D eigenvalue weighted by Gasteiger charge is 2.20. The maximum Gasteiger partial charge on any atom is 0.243 e. The number of carbonyl (C=O) groups excluding carboxylic acids is 1. The van der Waals surface area contributed by atoms with Crippen LogP contribution in [0, 0.1) is 0 Å². The molecule has 0 saturated carbocycles. The van der Waals surface area contributed by atoms with Gasteiger partial charge in [0.1, 0.15) is 17.4 Å². The predicted octanol–water partition coefficient (Wildman–Crippen LogP) is 2.26. The van der Waals surface area contributed by atoms with Gasteiger partial charge in [0.05, 0.1) is 24.7 Å². The van der Waals surface area contributed by atoms with Crippen molar-refractivity contribution in [3.05, 3.63) is 28.6 Å². The summed E-state index contributed by atoms with van der Waals surface area (Å²) >= 11 is 7.22. The number of methoxy groups -OCH3 is 1. The van der Waals surface area contributed by atoms with E-state index in [0.717, 1.165) is 10.6 Å². The fourth-order valence-corrected chi connectivity index (χ4v) is 2.74. The molecular weight excluding hydrogens is 286 g/mol. The van der Waals surface area contributed by atoms with Gasteiger partial charge in [0.2, 0.25) is 5.91 Å². The van der Waals surface area contributed by atoms with Crippen LogP contribution in [0.1, 0.15) is 4.88 Å². The summed E-state index contributed by atoms with van der Waals surface area (Å²) in [4.78, 5) is 14.6. The van der Waals surface area contributed by atoms with Gasteiger partial charge in [-0.15, -0.1) is 22.9 Å². The summed E-state index contributed by atoms with van der Waals surface area (Å²) in [7, 11) is 3.40. The topological polar surface area (TPSA) is 47.4 Å². The zero-order valence-electron chi connectivity index (χ0n) is 10.7. The van der Waals surface area contributed by atoms with Gasteiger partial charge in [-0.2, -0.15) is 5.10 Å². The van der Waals surface area contributed by atoms with Crippen LogP contribution in [0.3, 0.4) is 0 Å². The molecule has 0 aliphatic rings. The lowest BCUT2D eigenvalue weighted by Crippen LogP contribution is -2.32. The van der Waals surface area contributed by atoms with Crippen LogP contribution in [-0.4, -0.2) is 28.7 Å². The van der Waals surface area contributed by atoms with E-state index in [2.05, 4.69) is 5.10 Å². The second-order valence-corrected chi connectivity index (χ2v) is 5.11. The number of amides is 1. The van der Waals surface area contributed by atoms with Gasteiger partial charge < -0.3 is 4.74 Å². The minimum Gasteiger partial charge on any atom is -0.496 e. The molecule has 0 atom stereocenters. The molecule has 7 heteroatoms. The highest BCUT2D eigenvalue weighted by atomic mass is 35.5. The molecule has 5 nitrogen and oxygen atoms in total. The molecule has 2 rings (SSSR count). The first-order chi connectivity index (χ1) is 9.17. The van der Waals surface area contributed by atoms with E-state index in [1.54, 1.807) is 47.3 Å². The number of ether oxygens (including phenoxy) is 1. The van der Waals surface area contributed by atoms with Crippen molar-refractivity contribution in [3.63, 3.8) is 0 Å². The Morgan fingerprint density at radius 2 is 2.37 bits per heavy atom. The number of halogens is 1. The van der Waals surface area contributed by atoms with E-state index < -0.39 is 0 Å². The Morgan fingerprint density at radius 1 is 1.58 bits per heavy atom. The molecule has 0 N–H and O–H groups in total. The summed E-state index contributed by atoms with van der Waals surface area (Å²) in [6.45, 7) is 0.423. The van der Waals surface area contributed by atoms with E-state index in [1.165, 1.54) is 0 Å². The predicted molar refractivity (Wildman–Crippen MR) is 76.0 cm³/mol. The average molecular weight is 300 g/mol. The quantitative estimate of drug-likeness (QED) is 0.796. The lowest BCUT2D eigenvalue weighted by molar-refractivity contribution is -0.116. The van der Waals surface area contributed by atoms with Gasteiger partial charge in [-0.1, -0.05) is 0 Å². The Bertz CT molecular complexity index is 567. The van der Waals surface area contributed by atoms with E-state index >= 15 is 0 Å². The lowest BCUT2D eigenvalue weighted by atomic mass is 10.3. The molecule has 0 aromatic carbocycles. The van der Waals surface area contributed by atoms with Gasteiger partial charge in [-0.05, 0) is 11.4 Å². The van der Waals surface area contributed by atoms with E-state index in [1.807, 2.05) is 11.4 Å². The first-order valence-corrected chi connectivity index (χ1v) is 7.03. The zero-order chi connectivity index (χ0) is 13.8. The molecule has 0 aliphatic heterocycles. The van der Waals surface area contributed by atoms with E-state index in [0.29, 0.717) is 12.4 Å². The third-order valence-corrected chi connectivity index (χ3v) is 3.83. The first kappa shape index (κ1) is 13.9. The van der Waals surface area contributed by atoms with Gasteiger partial charge >= 0.3 is 0 Å². The van der Waals surface area contributed by atoms with Gasteiger partial charge in [0.15, 0.2) is 0 Å². The molecule has 0 radical (unpaired) electrons. The number of anilines is 1. The number of nitrogens with zero attached hydrogens (tertiary/aromatic N) is 3. The summed E-state index contributed by atoms with van der Waals surface area (Å²) in [6.07, 6.45) is 1.65. The Morgan fingerprint density at radius 3 is 2.95 bits per heavy atom. The van der Waals surface area contributed by atoms with Gasteiger partial charge in [0.25, 0.3) is 0 Å². The van der Waals surface area contributed by atoms with E-state index in [9.17, 15) is 4.79 Å². The number of thiophene rings is 1. The number of hydrogen-bond acceptors (Lipinski definition) is 4. The molecule has 1 amide bonds. The molecular formula is C12H14ClN3O2S. The monoisotopic (exact) mass is 299 g/mol. The summed E-state index contributed by atoms with van der Waals surface area (Å²) in [5, 5.41) is 6.01. The van der Waals surface area contributed by atoms with Crippen molar-refractivity contribution >= 4 is 34.7 Å². The number of hydrogen-bond donors (Lipinski definition) is 0. The maximum atomic E-state index is 12.0. The van der Waals surface area contributed by atoms with Crippen molar-refractivity contribution in [2.75, 3.05) is 17.9 Å². The molecule has 0 unspecified atom stereocenters. The second-order valence-electron chi connectivity index (χ2n) is 3.84. The number of aromatic nitrogens is 2. The third-order valence-electron chi connectivity index (χ3n) is 2.71. The van der Waals surface area contributed by atoms with Crippen LogP contribution in [0.5, 0.6) is 5.75 Å². The number of rotatable bonds is 5. The SMILES string of the molecule is COc1ccsc1CN(C(=O)CCl)c1ccnn1C. The minimum absolute atomic E-state index is 0.0706. The number of carbonyl (C=O) groups is 1. The Kier molecular flexibility index (Phi) is 4.44. The lowest BCUT2D eigenvalue weighted by Gasteiger charge is -2.21. The molecule has 0 bridgehead atoms. The fraction of sp³-hybridized carbons (Fsp3) is 0.333. The van der Waals surface area contributed by atoms with Crippen LogP contribution in [-0.2, 0) is 18.4 Å². The van der Waals surface area contributed by atoms with Crippen molar-refractivity contribution in [2.24, 2.45) is 7.05 Å². The minimum atomic E-state index is -0.166. The van der Waals surface area contributed by atoms with Crippen LogP contribution in [0.15, 0.2) is 23.7 Å². The summed E-state index contributed by atoms with van der Waals surface area (Å²) in [6, 6.07) is 3.66. The number of alkyl halides is 1. The highest BCUT2D eigenvalue weighted by molar-refractivity contribution is 7.10. The Balaban J connectivity index is 2.30. The van der Waals surface area contributed by atoms with E-state index in [-0.39, 0.29) is 11.8 Å². The Hall–Kier alpha value is -1.53. The molecule has 0 spiro atoms. The molecule has 2 heterocycles. The summed E-state index contributed by atoms with van der Waals surface area (Å²) < 4.78 is 6.91. The second kappa shape index (κ2) is 6.08. The van der Waals surface area contributed by atoms with Crippen LogP contribution in [0.4, 0.5) is 5.82 Å². The average Bonchev–Trinajstić information content (AvgIpc) is 3.03. The largest absolute Gasteiger partial charge is 0.496 e. The highest BCUT2D eigenvalue weighted by Crippen LogP contribution is 2.28. The third kappa shape index (κ3) is 2.90. The fourth-order valence-electron chi connectivity index (χ4n) is 1.77. The van der Waals surface area contributed by atoms with Crippen molar-refractivity contribution in [1.82, 2.24) is 9.78 Å². The van der Waals surface area contributed by atoms with Crippen LogP contribution >= 0.6 is 22.9 Å². The first-order valence-electron chi connectivity index (χ1n) is 5.62. The van der Waals surface area contributed by atoms with Crippen LogP contribution in [0.2, 0.25) is 0 Å². The van der Waals surface area contributed by atoms with E-state index in [4.69, 9.17) is 16.3 Å². The molecule has 2 aromatic heterocycles. The smallest absolute Gasteiger partial charge is 0.243 e. The van der Waals surface area contributed by atoms with Gasteiger partial charge in [0, 0.05) is 13.1 Å². The number of aryl methyl sites for hydroxylation is 1. The molecule has 102 valence electrons. The Labute approximate surface area is 120 Å². The normalized spacial score (nSPS) is 10.5. The van der Waals surface area contributed by atoms with Crippen molar-refractivity contribution in [2.45, 2.75) is 6.54 Å². The van der Waals surface area contributed by atoms with Crippen molar-refractivity contribution in [1.29, 1.82) is 0 Å². The maximum absolute atomic E-state index is 12.0. The molecule has 19 heavy (non-hydrogen) atoms. The van der Waals surface area contributed by atoms with Crippen LogP contribution < -0.4 is 9.64 Å². The molecule has 2 aromatic rings. The standard InChI is InChI=1S/C12H14ClN3O2S/c1-15-11(3-5-14-15)16(12(17)7-13)8-10-9(18-2)4-6-19-10/h3-6H,7-8H2,1-2H3. The van der Waals surface area contributed by atoms with Gasteiger partial charge in [-0.3, -0.25) is 14.4 Å². The van der Waals surface area contributed by atoms with Crippen LogP contribution in [0.25, 0.3) is 0 Å². The van der Waals surface area contributed by atoms with Crippen molar-refractivity contribution < 1.29 is 9.53 Å².